The van der Waals surface area contributed by atoms with E-state index in [4.69, 9.17) is 4.74 Å². The van der Waals surface area contributed by atoms with Crippen molar-refractivity contribution in [2.75, 3.05) is 0 Å². The summed E-state index contributed by atoms with van der Waals surface area (Å²) in [5.74, 6) is 0.172. The first-order valence-corrected chi connectivity index (χ1v) is 5.12. The Morgan fingerprint density at radius 3 is 2.71 bits per heavy atom. The molecule has 2 fully saturated rings. The van der Waals surface area contributed by atoms with E-state index in [9.17, 15) is 9.59 Å². The highest BCUT2D eigenvalue weighted by molar-refractivity contribution is 5.92. The Kier molecular flexibility index (Phi) is 1.45. The molecule has 1 saturated carbocycles. The van der Waals surface area contributed by atoms with E-state index in [2.05, 4.69) is 12.2 Å². The van der Waals surface area contributed by atoms with Gasteiger partial charge in [-0.25, -0.2) is 0 Å². The van der Waals surface area contributed by atoms with Crippen LogP contribution >= 0.6 is 0 Å². The highest BCUT2D eigenvalue weighted by Gasteiger charge is 2.55. The number of fused-ring (bicyclic) bond motifs is 5. The maximum Gasteiger partial charge on any atom is 0.317 e. The molecule has 5 unspecified atom stereocenters. The molecule has 2 aliphatic carbocycles. The van der Waals surface area contributed by atoms with Crippen molar-refractivity contribution in [1.82, 2.24) is 0 Å². The maximum atomic E-state index is 11.5. The van der Waals surface area contributed by atoms with Crippen molar-refractivity contribution in [3.8, 4) is 0 Å². The van der Waals surface area contributed by atoms with Crippen LogP contribution in [0.5, 0.6) is 0 Å². The Morgan fingerprint density at radius 1 is 1.21 bits per heavy atom. The second kappa shape index (κ2) is 2.47. The van der Waals surface area contributed by atoms with Gasteiger partial charge in [-0.15, -0.1) is 0 Å². The van der Waals surface area contributed by atoms with Crippen LogP contribution in [0.25, 0.3) is 0 Å². The van der Waals surface area contributed by atoms with E-state index >= 15 is 0 Å². The molecule has 3 aliphatic rings. The molecule has 2 bridgehead atoms. The standard InChI is InChI=1S/C11H12O3/c1-5-8-6-2-3-7(4-6)9(8)11(13)14-10(5)12/h2-3,5-9H,4H2,1H3. The molecular formula is C11H12O3. The first kappa shape index (κ1) is 8.21. The summed E-state index contributed by atoms with van der Waals surface area (Å²) in [5, 5.41) is 0. The molecule has 74 valence electrons. The van der Waals surface area contributed by atoms with E-state index in [0.717, 1.165) is 6.42 Å². The number of cyclic esters (lactones) is 2. The maximum absolute atomic E-state index is 11.5. The number of rotatable bonds is 0. The molecule has 0 aromatic heterocycles. The van der Waals surface area contributed by atoms with Gasteiger partial charge in [0, 0.05) is 0 Å². The monoisotopic (exact) mass is 192 g/mol. The average molecular weight is 192 g/mol. The fraction of sp³-hybridized carbons (Fsp3) is 0.636. The SMILES string of the molecule is CC1C(=O)OC(=O)C2C3C=CC(C3)C12. The number of ether oxygens (including phenoxy) is 1. The van der Waals surface area contributed by atoms with E-state index < -0.39 is 0 Å². The van der Waals surface area contributed by atoms with Crippen LogP contribution in [-0.2, 0) is 14.3 Å². The van der Waals surface area contributed by atoms with Crippen LogP contribution in [0.3, 0.4) is 0 Å². The van der Waals surface area contributed by atoms with Crippen LogP contribution < -0.4 is 0 Å². The van der Waals surface area contributed by atoms with Gasteiger partial charge in [0.2, 0.25) is 0 Å². The summed E-state index contributed by atoms with van der Waals surface area (Å²) in [4.78, 5) is 22.9. The average Bonchev–Trinajstić information content (AvgIpc) is 2.73. The highest BCUT2D eigenvalue weighted by atomic mass is 16.6. The summed E-state index contributed by atoms with van der Waals surface area (Å²) < 4.78 is 4.75. The van der Waals surface area contributed by atoms with Crippen molar-refractivity contribution in [2.24, 2.45) is 29.6 Å². The molecule has 5 atom stereocenters. The van der Waals surface area contributed by atoms with Crippen LogP contribution in [0.1, 0.15) is 13.3 Å². The minimum atomic E-state index is -0.336. The molecule has 1 aliphatic heterocycles. The number of allylic oxidation sites excluding steroid dienone is 2. The number of hydrogen-bond acceptors (Lipinski definition) is 3. The van der Waals surface area contributed by atoms with E-state index in [0.29, 0.717) is 11.8 Å². The van der Waals surface area contributed by atoms with Crippen LogP contribution in [0.15, 0.2) is 12.2 Å². The Labute approximate surface area is 82.1 Å². The van der Waals surface area contributed by atoms with Crippen molar-refractivity contribution in [2.45, 2.75) is 13.3 Å². The summed E-state index contributed by atoms with van der Waals surface area (Å²) >= 11 is 0. The highest BCUT2D eigenvalue weighted by Crippen LogP contribution is 2.53. The van der Waals surface area contributed by atoms with Gasteiger partial charge >= 0.3 is 11.9 Å². The largest absolute Gasteiger partial charge is 0.393 e. The third kappa shape index (κ3) is 0.825. The molecule has 0 aromatic carbocycles. The zero-order valence-corrected chi connectivity index (χ0v) is 7.97. The second-order valence-corrected chi connectivity index (χ2v) is 4.58. The van der Waals surface area contributed by atoms with Gasteiger partial charge in [0.05, 0.1) is 11.8 Å². The number of hydrogen-bond donors (Lipinski definition) is 0. The number of carbonyl (C=O) groups is 2. The molecule has 3 nitrogen and oxygen atoms in total. The molecular weight excluding hydrogens is 180 g/mol. The van der Waals surface area contributed by atoms with Gasteiger partial charge in [-0.1, -0.05) is 19.1 Å². The van der Waals surface area contributed by atoms with Crippen LogP contribution in [0.4, 0.5) is 0 Å². The van der Waals surface area contributed by atoms with Gasteiger partial charge < -0.3 is 4.74 Å². The minimum Gasteiger partial charge on any atom is -0.393 e. The summed E-state index contributed by atoms with van der Waals surface area (Å²) in [6.07, 6.45) is 5.30. The lowest BCUT2D eigenvalue weighted by Gasteiger charge is -2.34. The fourth-order valence-corrected chi connectivity index (χ4v) is 3.29. The van der Waals surface area contributed by atoms with E-state index in [1.807, 2.05) is 6.92 Å². The van der Waals surface area contributed by atoms with Crippen LogP contribution in [-0.4, -0.2) is 11.9 Å². The Balaban J connectivity index is 2.02. The van der Waals surface area contributed by atoms with Gasteiger partial charge in [0.1, 0.15) is 0 Å². The first-order chi connectivity index (χ1) is 6.68. The zero-order valence-electron chi connectivity index (χ0n) is 7.97. The van der Waals surface area contributed by atoms with Crippen molar-refractivity contribution in [1.29, 1.82) is 0 Å². The molecule has 1 heterocycles. The van der Waals surface area contributed by atoms with Gasteiger partial charge in [0.25, 0.3) is 0 Å². The number of esters is 2. The third-order valence-corrected chi connectivity index (χ3v) is 3.94. The molecule has 3 rings (SSSR count). The Morgan fingerprint density at radius 2 is 1.93 bits per heavy atom. The lowest BCUT2D eigenvalue weighted by atomic mass is 9.74. The molecule has 0 N–H and O–H groups in total. The van der Waals surface area contributed by atoms with Crippen molar-refractivity contribution in [3.63, 3.8) is 0 Å². The summed E-state index contributed by atoms with van der Waals surface area (Å²) in [7, 11) is 0. The molecule has 0 aromatic rings. The van der Waals surface area contributed by atoms with E-state index in [1.165, 1.54) is 0 Å². The zero-order chi connectivity index (χ0) is 9.87. The van der Waals surface area contributed by atoms with Gasteiger partial charge in [-0.3, -0.25) is 9.59 Å². The molecule has 14 heavy (non-hydrogen) atoms. The fourth-order valence-electron chi connectivity index (χ4n) is 3.29. The molecule has 3 heteroatoms. The number of carbonyl (C=O) groups excluding carboxylic acids is 2. The normalized spacial score (nSPS) is 49.4. The van der Waals surface area contributed by atoms with Gasteiger partial charge in [-0.05, 0) is 24.2 Å². The quantitative estimate of drug-likeness (QED) is 0.328. The van der Waals surface area contributed by atoms with Gasteiger partial charge in [0.15, 0.2) is 0 Å². The molecule has 0 amide bonds. The lowest BCUT2D eigenvalue weighted by Crippen LogP contribution is -2.43. The molecule has 0 radical (unpaired) electrons. The molecule has 1 saturated heterocycles. The van der Waals surface area contributed by atoms with Crippen LogP contribution in [0.2, 0.25) is 0 Å². The Bertz CT molecular complexity index is 344. The topological polar surface area (TPSA) is 43.4 Å². The van der Waals surface area contributed by atoms with Gasteiger partial charge in [-0.2, -0.15) is 0 Å². The third-order valence-electron chi connectivity index (χ3n) is 3.94. The predicted molar refractivity (Wildman–Crippen MR) is 48.0 cm³/mol. The summed E-state index contributed by atoms with van der Waals surface area (Å²) in [6.45, 7) is 1.88. The van der Waals surface area contributed by atoms with Crippen molar-refractivity contribution < 1.29 is 14.3 Å². The Hall–Kier alpha value is -1.12. The summed E-state index contributed by atoms with van der Waals surface area (Å²) in [6, 6.07) is 0. The first-order valence-electron chi connectivity index (χ1n) is 5.12. The predicted octanol–water partition coefficient (Wildman–Crippen LogP) is 1.14. The van der Waals surface area contributed by atoms with E-state index in [-0.39, 0.29) is 29.7 Å². The van der Waals surface area contributed by atoms with Crippen molar-refractivity contribution in [3.05, 3.63) is 12.2 Å². The van der Waals surface area contributed by atoms with Crippen molar-refractivity contribution >= 4 is 11.9 Å². The lowest BCUT2D eigenvalue weighted by molar-refractivity contribution is -0.176. The molecule has 0 spiro atoms. The van der Waals surface area contributed by atoms with Crippen LogP contribution in [0, 0.1) is 29.6 Å². The summed E-state index contributed by atoms with van der Waals surface area (Å²) in [5.41, 5.74) is 0. The second-order valence-electron chi connectivity index (χ2n) is 4.58. The van der Waals surface area contributed by atoms with E-state index in [1.54, 1.807) is 0 Å². The minimum absolute atomic E-state index is 0.0438. The smallest absolute Gasteiger partial charge is 0.317 e.